The Bertz CT molecular complexity index is 521. The first kappa shape index (κ1) is 15.4. The molecule has 2 heterocycles. The number of amides is 1. The maximum atomic E-state index is 12.4. The number of β-amino-alcohol motifs (C(OH)–C–C–N with tert-alkyl or cyclic N) is 1. The van der Waals surface area contributed by atoms with E-state index in [-0.39, 0.29) is 18.2 Å². The standard InChI is InChI=1S/C14H19N3O4/c18-9-8-16-4-1-5-17(7-6-16)13(19)11-2-3-15-12(10-11)14(20)21/h2-3,10,18H,1,4-9H2,(H,20,21). The van der Waals surface area contributed by atoms with Gasteiger partial charge in [-0.05, 0) is 25.1 Å². The van der Waals surface area contributed by atoms with Crippen LogP contribution in [0.25, 0.3) is 0 Å². The highest BCUT2D eigenvalue weighted by molar-refractivity contribution is 5.96. The molecule has 7 nitrogen and oxygen atoms in total. The molecule has 1 saturated heterocycles. The van der Waals surface area contributed by atoms with Crippen LogP contribution in [0.15, 0.2) is 18.3 Å². The number of hydrogen-bond acceptors (Lipinski definition) is 5. The molecular weight excluding hydrogens is 274 g/mol. The van der Waals surface area contributed by atoms with Gasteiger partial charge in [0.2, 0.25) is 0 Å². The Labute approximate surface area is 122 Å². The van der Waals surface area contributed by atoms with E-state index in [9.17, 15) is 9.59 Å². The number of aliphatic hydroxyl groups excluding tert-OH is 1. The van der Waals surface area contributed by atoms with Crippen LogP contribution in [0.4, 0.5) is 0 Å². The van der Waals surface area contributed by atoms with Crippen molar-refractivity contribution in [1.29, 1.82) is 0 Å². The second kappa shape index (κ2) is 7.14. The van der Waals surface area contributed by atoms with Gasteiger partial charge >= 0.3 is 5.97 Å². The predicted molar refractivity (Wildman–Crippen MR) is 75.2 cm³/mol. The highest BCUT2D eigenvalue weighted by Crippen LogP contribution is 2.10. The molecule has 0 radical (unpaired) electrons. The van der Waals surface area contributed by atoms with E-state index in [0.717, 1.165) is 13.0 Å². The van der Waals surface area contributed by atoms with Crippen molar-refractivity contribution in [3.05, 3.63) is 29.6 Å². The van der Waals surface area contributed by atoms with Crippen molar-refractivity contribution in [2.75, 3.05) is 39.3 Å². The number of pyridine rings is 1. The summed E-state index contributed by atoms with van der Waals surface area (Å²) < 4.78 is 0. The van der Waals surface area contributed by atoms with E-state index in [0.29, 0.717) is 31.7 Å². The lowest BCUT2D eigenvalue weighted by atomic mass is 10.2. The fourth-order valence-corrected chi connectivity index (χ4v) is 2.40. The van der Waals surface area contributed by atoms with E-state index in [2.05, 4.69) is 9.88 Å². The minimum absolute atomic E-state index is 0.111. The van der Waals surface area contributed by atoms with Crippen LogP contribution in [0.3, 0.4) is 0 Å². The van der Waals surface area contributed by atoms with Crippen LogP contribution in [-0.2, 0) is 0 Å². The number of aromatic nitrogens is 1. The third-order valence-corrected chi connectivity index (χ3v) is 3.52. The SMILES string of the molecule is O=C(O)c1cc(C(=O)N2CCCN(CCO)CC2)ccn1. The third kappa shape index (κ3) is 3.99. The monoisotopic (exact) mass is 293 g/mol. The van der Waals surface area contributed by atoms with Gasteiger partial charge in [-0.15, -0.1) is 0 Å². The Kier molecular flexibility index (Phi) is 5.24. The van der Waals surface area contributed by atoms with Gasteiger partial charge in [0.25, 0.3) is 5.91 Å². The fourth-order valence-electron chi connectivity index (χ4n) is 2.40. The molecule has 1 aromatic heterocycles. The van der Waals surface area contributed by atoms with Crippen LogP contribution in [0.5, 0.6) is 0 Å². The summed E-state index contributed by atoms with van der Waals surface area (Å²) in [5.41, 5.74) is 0.218. The molecule has 1 amide bonds. The zero-order valence-corrected chi connectivity index (χ0v) is 11.7. The zero-order valence-electron chi connectivity index (χ0n) is 11.7. The van der Waals surface area contributed by atoms with Crippen molar-refractivity contribution in [2.24, 2.45) is 0 Å². The number of rotatable bonds is 4. The van der Waals surface area contributed by atoms with Gasteiger partial charge in [0.05, 0.1) is 6.61 Å². The van der Waals surface area contributed by atoms with Crippen molar-refractivity contribution < 1.29 is 19.8 Å². The lowest BCUT2D eigenvalue weighted by molar-refractivity contribution is 0.0690. The maximum Gasteiger partial charge on any atom is 0.354 e. The molecule has 114 valence electrons. The number of hydrogen-bond donors (Lipinski definition) is 2. The fraction of sp³-hybridized carbons (Fsp3) is 0.500. The third-order valence-electron chi connectivity index (χ3n) is 3.52. The molecule has 21 heavy (non-hydrogen) atoms. The predicted octanol–water partition coefficient (Wildman–Crippen LogP) is -0.0800. The summed E-state index contributed by atoms with van der Waals surface area (Å²) in [4.78, 5) is 30.9. The Morgan fingerprint density at radius 3 is 2.76 bits per heavy atom. The molecule has 1 aliphatic rings. The van der Waals surface area contributed by atoms with Crippen molar-refractivity contribution in [3.8, 4) is 0 Å². The van der Waals surface area contributed by atoms with Crippen LogP contribution < -0.4 is 0 Å². The summed E-state index contributed by atoms with van der Waals surface area (Å²) in [7, 11) is 0. The van der Waals surface area contributed by atoms with Gasteiger partial charge in [-0.1, -0.05) is 0 Å². The number of carbonyl (C=O) groups is 2. The van der Waals surface area contributed by atoms with E-state index in [1.54, 1.807) is 4.90 Å². The number of carboxylic acid groups (broad SMARTS) is 1. The summed E-state index contributed by atoms with van der Waals surface area (Å²) in [6.45, 7) is 3.49. The molecule has 0 aromatic carbocycles. The first-order valence-electron chi connectivity index (χ1n) is 6.93. The topological polar surface area (TPSA) is 94.0 Å². The lowest BCUT2D eigenvalue weighted by Gasteiger charge is -2.21. The van der Waals surface area contributed by atoms with E-state index in [4.69, 9.17) is 10.2 Å². The summed E-state index contributed by atoms with van der Waals surface area (Å²) in [5.74, 6) is -1.32. The summed E-state index contributed by atoms with van der Waals surface area (Å²) in [5, 5.41) is 17.9. The van der Waals surface area contributed by atoms with Crippen LogP contribution in [0.2, 0.25) is 0 Å². The van der Waals surface area contributed by atoms with Crippen molar-refractivity contribution in [3.63, 3.8) is 0 Å². The molecule has 0 aliphatic carbocycles. The van der Waals surface area contributed by atoms with Gasteiger partial charge in [-0.2, -0.15) is 0 Å². The molecular formula is C14H19N3O4. The van der Waals surface area contributed by atoms with E-state index >= 15 is 0 Å². The quantitative estimate of drug-likeness (QED) is 0.806. The molecule has 7 heteroatoms. The largest absolute Gasteiger partial charge is 0.477 e. The van der Waals surface area contributed by atoms with Gasteiger partial charge in [-0.25, -0.2) is 9.78 Å². The van der Waals surface area contributed by atoms with Crippen LogP contribution >= 0.6 is 0 Å². The molecule has 1 aliphatic heterocycles. The first-order valence-corrected chi connectivity index (χ1v) is 6.93. The van der Waals surface area contributed by atoms with Gasteiger partial charge in [-0.3, -0.25) is 9.69 Å². The van der Waals surface area contributed by atoms with Crippen LogP contribution in [-0.4, -0.2) is 76.2 Å². The van der Waals surface area contributed by atoms with E-state index in [1.165, 1.54) is 18.3 Å². The van der Waals surface area contributed by atoms with E-state index in [1.807, 2.05) is 0 Å². The molecule has 2 N–H and O–H groups in total. The van der Waals surface area contributed by atoms with Crippen molar-refractivity contribution in [1.82, 2.24) is 14.8 Å². The molecule has 0 saturated carbocycles. The molecule has 1 aromatic rings. The number of aromatic carboxylic acids is 1. The molecule has 2 rings (SSSR count). The Morgan fingerprint density at radius 1 is 1.24 bits per heavy atom. The van der Waals surface area contributed by atoms with Gasteiger partial charge in [0.15, 0.2) is 0 Å². The molecule has 0 bridgehead atoms. The smallest absolute Gasteiger partial charge is 0.354 e. The molecule has 0 spiro atoms. The Morgan fingerprint density at radius 2 is 2.05 bits per heavy atom. The normalized spacial score (nSPS) is 16.5. The van der Waals surface area contributed by atoms with E-state index < -0.39 is 5.97 Å². The van der Waals surface area contributed by atoms with Crippen LogP contribution in [0, 0.1) is 0 Å². The average molecular weight is 293 g/mol. The Hall–Kier alpha value is -1.99. The minimum Gasteiger partial charge on any atom is -0.477 e. The molecule has 0 unspecified atom stereocenters. The summed E-state index contributed by atoms with van der Waals surface area (Å²) in [6, 6.07) is 2.84. The summed E-state index contributed by atoms with van der Waals surface area (Å²) in [6.07, 6.45) is 2.18. The Balaban J connectivity index is 2.06. The van der Waals surface area contributed by atoms with Crippen molar-refractivity contribution >= 4 is 11.9 Å². The number of nitrogens with zero attached hydrogens (tertiary/aromatic N) is 3. The molecule has 0 atom stereocenters. The van der Waals surface area contributed by atoms with Crippen LogP contribution in [0.1, 0.15) is 27.3 Å². The number of carbonyl (C=O) groups excluding carboxylic acids is 1. The summed E-state index contributed by atoms with van der Waals surface area (Å²) >= 11 is 0. The van der Waals surface area contributed by atoms with Gasteiger partial charge < -0.3 is 15.1 Å². The highest BCUT2D eigenvalue weighted by Gasteiger charge is 2.21. The van der Waals surface area contributed by atoms with Gasteiger partial charge in [0, 0.05) is 37.9 Å². The second-order valence-electron chi connectivity index (χ2n) is 4.95. The number of carboxylic acids is 1. The van der Waals surface area contributed by atoms with Crippen molar-refractivity contribution in [2.45, 2.75) is 6.42 Å². The second-order valence-corrected chi connectivity index (χ2v) is 4.95. The number of aliphatic hydroxyl groups is 1. The average Bonchev–Trinajstić information content (AvgIpc) is 2.73. The maximum absolute atomic E-state index is 12.4. The first-order chi connectivity index (χ1) is 10.1. The van der Waals surface area contributed by atoms with Gasteiger partial charge in [0.1, 0.15) is 5.69 Å². The minimum atomic E-state index is -1.14. The highest BCUT2D eigenvalue weighted by atomic mass is 16.4. The zero-order chi connectivity index (χ0) is 15.2. The lowest BCUT2D eigenvalue weighted by Crippen LogP contribution is -2.36. The molecule has 1 fully saturated rings.